The minimum atomic E-state index is 0.247. The molecule has 1 heterocycles. The molecule has 0 unspecified atom stereocenters. The van der Waals surface area contributed by atoms with Crippen molar-refractivity contribution >= 4 is 0 Å². The van der Waals surface area contributed by atoms with Crippen molar-refractivity contribution in [2.24, 2.45) is 0 Å². The van der Waals surface area contributed by atoms with Crippen molar-refractivity contribution in [1.82, 2.24) is 0 Å². The number of benzene rings is 2. The molecular formula is C24H34NO3+. The molecule has 3 rings (SSSR count). The Hall–Kier alpha value is -2.04. The fourth-order valence-corrected chi connectivity index (χ4v) is 4.55. The molecule has 4 nitrogen and oxygen atoms in total. The number of methoxy groups -OCH3 is 2. The lowest BCUT2D eigenvalue weighted by Crippen LogP contribution is -2.52. The SMILES string of the molecule is COc1ccc(C[C@@H]2c3cc(C)c(C)cc3CC[N@@+]2(C)CCCO)cc1OC. The molecule has 2 aromatic carbocycles. The standard InChI is InChI=1S/C24H34NO3/c1-17-13-20-9-11-25(3,10-6-12-26)22(21(20)14-18(17)2)15-19-7-8-23(27-4)24(16-19)28-5/h7-8,13-14,16,22,26H,6,9-12,15H2,1-5H3/q+1/t22-,25-/m1/s1. The summed E-state index contributed by atoms with van der Waals surface area (Å²) in [6, 6.07) is 11.4. The molecular weight excluding hydrogens is 350 g/mol. The molecule has 2 aromatic rings. The number of fused-ring (bicyclic) bond motifs is 1. The summed E-state index contributed by atoms with van der Waals surface area (Å²) >= 11 is 0. The lowest BCUT2D eigenvalue weighted by Gasteiger charge is -2.46. The Bertz CT molecular complexity index is 833. The molecule has 0 radical (unpaired) electrons. The second kappa shape index (κ2) is 8.54. The summed E-state index contributed by atoms with van der Waals surface area (Å²) in [6.45, 7) is 6.74. The van der Waals surface area contributed by atoms with Crippen LogP contribution in [0.4, 0.5) is 0 Å². The van der Waals surface area contributed by atoms with E-state index in [1.54, 1.807) is 14.2 Å². The highest BCUT2D eigenvalue weighted by Gasteiger charge is 2.39. The van der Waals surface area contributed by atoms with Crippen molar-refractivity contribution in [3.05, 3.63) is 58.1 Å². The highest BCUT2D eigenvalue weighted by molar-refractivity contribution is 5.44. The summed E-state index contributed by atoms with van der Waals surface area (Å²) in [6.07, 6.45) is 2.87. The van der Waals surface area contributed by atoms with E-state index >= 15 is 0 Å². The van der Waals surface area contributed by atoms with Gasteiger partial charge in [-0.25, -0.2) is 0 Å². The fourth-order valence-electron chi connectivity index (χ4n) is 4.55. The van der Waals surface area contributed by atoms with Gasteiger partial charge in [0.25, 0.3) is 0 Å². The second-order valence-corrected chi connectivity index (χ2v) is 8.30. The molecule has 1 N–H and O–H groups in total. The Labute approximate surface area is 169 Å². The molecule has 0 spiro atoms. The molecule has 4 heteroatoms. The van der Waals surface area contributed by atoms with Crippen molar-refractivity contribution in [3.8, 4) is 11.5 Å². The van der Waals surface area contributed by atoms with Crippen LogP contribution in [0.1, 0.15) is 40.3 Å². The quantitative estimate of drug-likeness (QED) is 0.734. The number of hydrogen-bond donors (Lipinski definition) is 1. The predicted octanol–water partition coefficient (Wildman–Crippen LogP) is 3.99. The van der Waals surface area contributed by atoms with Gasteiger partial charge in [-0.2, -0.15) is 0 Å². The topological polar surface area (TPSA) is 38.7 Å². The molecule has 1 aliphatic rings. The highest BCUT2D eigenvalue weighted by atomic mass is 16.5. The molecule has 28 heavy (non-hydrogen) atoms. The van der Waals surface area contributed by atoms with Crippen LogP contribution in [0.2, 0.25) is 0 Å². The Morgan fingerprint density at radius 1 is 1.04 bits per heavy atom. The molecule has 0 amide bonds. The third kappa shape index (κ3) is 4.03. The zero-order valence-corrected chi connectivity index (χ0v) is 17.9. The summed E-state index contributed by atoms with van der Waals surface area (Å²) < 4.78 is 11.9. The van der Waals surface area contributed by atoms with Gasteiger partial charge in [0.05, 0.1) is 34.4 Å². The van der Waals surface area contributed by atoms with Crippen molar-refractivity contribution < 1.29 is 19.1 Å². The van der Waals surface area contributed by atoms with Gasteiger partial charge < -0.3 is 19.1 Å². The molecule has 152 valence electrons. The molecule has 0 fully saturated rings. The summed E-state index contributed by atoms with van der Waals surface area (Å²) in [5, 5.41) is 9.45. The van der Waals surface area contributed by atoms with Gasteiger partial charge in [0.15, 0.2) is 11.5 Å². The van der Waals surface area contributed by atoms with Crippen LogP contribution in [0.25, 0.3) is 0 Å². The normalized spacial score (nSPS) is 21.3. The van der Waals surface area contributed by atoms with Gasteiger partial charge in [-0.15, -0.1) is 0 Å². The average Bonchev–Trinajstić information content (AvgIpc) is 2.70. The lowest BCUT2D eigenvalue weighted by atomic mass is 9.84. The Morgan fingerprint density at radius 2 is 1.75 bits per heavy atom. The maximum atomic E-state index is 9.45. The number of ether oxygens (including phenoxy) is 2. The van der Waals surface area contributed by atoms with Gasteiger partial charge in [0.2, 0.25) is 0 Å². The molecule has 1 aliphatic heterocycles. The van der Waals surface area contributed by atoms with Crippen LogP contribution >= 0.6 is 0 Å². The van der Waals surface area contributed by atoms with Crippen LogP contribution in [0, 0.1) is 13.8 Å². The van der Waals surface area contributed by atoms with E-state index in [0.29, 0.717) is 6.04 Å². The van der Waals surface area contributed by atoms with Crippen molar-refractivity contribution in [2.45, 2.75) is 39.2 Å². The van der Waals surface area contributed by atoms with Crippen molar-refractivity contribution in [2.75, 3.05) is 41.0 Å². The molecule has 0 aromatic heterocycles. The zero-order valence-electron chi connectivity index (χ0n) is 17.9. The van der Waals surface area contributed by atoms with Gasteiger partial charge >= 0.3 is 0 Å². The summed E-state index contributed by atoms with van der Waals surface area (Å²) in [4.78, 5) is 0. The van der Waals surface area contributed by atoms with Crippen LogP contribution in [0.3, 0.4) is 0 Å². The Morgan fingerprint density at radius 3 is 2.43 bits per heavy atom. The first kappa shape index (κ1) is 20.7. The van der Waals surface area contributed by atoms with E-state index < -0.39 is 0 Å². The third-order valence-electron chi connectivity index (χ3n) is 6.46. The molecule has 0 saturated carbocycles. The van der Waals surface area contributed by atoms with Crippen molar-refractivity contribution in [1.29, 1.82) is 0 Å². The summed E-state index contributed by atoms with van der Waals surface area (Å²) in [7, 11) is 5.70. The van der Waals surface area contributed by atoms with Crippen molar-refractivity contribution in [3.63, 3.8) is 0 Å². The fraction of sp³-hybridized carbons (Fsp3) is 0.500. The number of nitrogens with zero attached hydrogens (tertiary/aromatic N) is 1. The van der Waals surface area contributed by atoms with E-state index in [1.807, 2.05) is 6.07 Å². The van der Waals surface area contributed by atoms with Gasteiger partial charge in [-0.1, -0.05) is 12.1 Å². The maximum Gasteiger partial charge on any atom is 0.160 e. The minimum absolute atomic E-state index is 0.247. The summed E-state index contributed by atoms with van der Waals surface area (Å²) in [5.41, 5.74) is 6.92. The van der Waals surface area contributed by atoms with Gasteiger partial charge in [0, 0.05) is 31.4 Å². The van der Waals surface area contributed by atoms with Crippen LogP contribution in [-0.4, -0.2) is 50.6 Å². The monoisotopic (exact) mass is 384 g/mol. The largest absolute Gasteiger partial charge is 0.493 e. The number of likely N-dealkylation sites (N-methyl/N-ethyl adjacent to an activating group) is 1. The first-order chi connectivity index (χ1) is 13.4. The van der Waals surface area contributed by atoms with Crippen LogP contribution in [-0.2, 0) is 12.8 Å². The Kier molecular flexibility index (Phi) is 6.31. The number of aliphatic hydroxyl groups is 1. The smallest absolute Gasteiger partial charge is 0.160 e. The van der Waals surface area contributed by atoms with E-state index in [4.69, 9.17) is 9.47 Å². The van der Waals surface area contributed by atoms with Gasteiger partial charge in [-0.05, 0) is 54.3 Å². The van der Waals surface area contributed by atoms with Gasteiger partial charge in [-0.3, -0.25) is 0 Å². The van der Waals surface area contributed by atoms with E-state index in [2.05, 4.69) is 45.2 Å². The van der Waals surface area contributed by atoms with E-state index in [1.165, 1.54) is 27.8 Å². The number of rotatable bonds is 7. The number of hydrogen-bond acceptors (Lipinski definition) is 3. The molecule has 0 bridgehead atoms. The van der Waals surface area contributed by atoms with Gasteiger partial charge in [0.1, 0.15) is 6.04 Å². The minimum Gasteiger partial charge on any atom is -0.493 e. The Balaban J connectivity index is 2.02. The summed E-state index contributed by atoms with van der Waals surface area (Å²) in [5.74, 6) is 1.54. The van der Waals surface area contributed by atoms with Crippen LogP contribution in [0.15, 0.2) is 30.3 Å². The average molecular weight is 385 g/mol. The predicted molar refractivity (Wildman–Crippen MR) is 113 cm³/mol. The molecule has 0 aliphatic carbocycles. The number of quaternary nitrogens is 1. The third-order valence-corrected chi connectivity index (χ3v) is 6.46. The highest BCUT2D eigenvalue weighted by Crippen LogP contribution is 2.40. The first-order valence-electron chi connectivity index (χ1n) is 10.2. The maximum absolute atomic E-state index is 9.45. The number of aryl methyl sites for hydroxylation is 2. The molecule has 2 atom stereocenters. The van der Waals surface area contributed by atoms with E-state index in [-0.39, 0.29) is 6.61 Å². The first-order valence-corrected chi connectivity index (χ1v) is 10.2. The van der Waals surface area contributed by atoms with Crippen LogP contribution < -0.4 is 9.47 Å². The number of aliphatic hydroxyl groups excluding tert-OH is 1. The molecule has 0 saturated heterocycles. The zero-order chi connectivity index (χ0) is 20.3. The van der Waals surface area contributed by atoms with E-state index in [0.717, 1.165) is 48.3 Å². The lowest BCUT2D eigenvalue weighted by molar-refractivity contribution is -0.941. The second-order valence-electron chi connectivity index (χ2n) is 8.30. The van der Waals surface area contributed by atoms with E-state index in [9.17, 15) is 5.11 Å². The van der Waals surface area contributed by atoms with Crippen LogP contribution in [0.5, 0.6) is 11.5 Å².